The van der Waals surface area contributed by atoms with Gasteiger partial charge in [-0.05, 0) is 120 Å². The van der Waals surface area contributed by atoms with Crippen LogP contribution < -0.4 is 25.6 Å². The fourth-order valence-corrected chi connectivity index (χ4v) is 12.9. The molecule has 0 spiro atoms. The number of alkyl carbamates (subject to hydrolysis) is 1. The van der Waals surface area contributed by atoms with Crippen molar-refractivity contribution in [3.05, 3.63) is 203 Å². The molecule has 0 aromatic heterocycles. The molecule has 0 aliphatic carbocycles. The van der Waals surface area contributed by atoms with Crippen molar-refractivity contribution >= 4 is 89.9 Å². The van der Waals surface area contributed by atoms with Gasteiger partial charge in [-0.15, -0.1) is 25.6 Å². The van der Waals surface area contributed by atoms with Crippen LogP contribution >= 0.6 is 43.6 Å². The number of aryl methyl sites for hydroxylation is 6. The molecule has 5 atom stereocenters. The molecule has 23 heteroatoms. The van der Waals surface area contributed by atoms with Crippen LogP contribution in [0.3, 0.4) is 0 Å². The molecule has 594 valence electrons. The molecule has 1 saturated heterocycles. The summed E-state index contributed by atoms with van der Waals surface area (Å²) in [5.41, 5.74) is 17.4. The molecule has 5 aromatic rings. The largest absolute Gasteiger partial charge is 0.502 e. The minimum atomic E-state index is -1.77. The monoisotopic (exact) mass is 1640 g/mol. The SMILES string of the molecule is C=CC(C)(O)CCCCCCC.C=CC(N=COOCc1ccccc1)C(=O)OC.CC(C)Oc1ccccc1[CH]=[Ru]([Cl])[Cl].CCCCCCCC(C)(O)/C=C/C(NC(=O)OCc1ccccc1)C(=O)OC.COC(=O)C(N)CCSC.Cc1cc(C)c(N2[CH-]N(c3c(C)cc(C)cc3C)CC2)c(C)c1.Cl. The second kappa shape index (κ2) is 57.5. The minimum absolute atomic E-state index is 0. The van der Waals surface area contributed by atoms with Gasteiger partial charge in [0.1, 0.15) is 25.3 Å². The number of esters is 3. The summed E-state index contributed by atoms with van der Waals surface area (Å²) >= 11 is -0.100. The number of unbranched alkanes of at least 4 members (excludes halogenated alkanes) is 8. The standard InChI is InChI=1S/C22H33NO5.C21H27N2.C13H15NO4.C11H22O.C10H12O.C6H13NO2S.3ClH.Ru/c1-4-5-6-7-11-15-22(2,26)16-14-19(20(24)27-3)23-21(25)28-17-18-12-9-8-10-13-18;1-14-9-16(3)20(17(4)10-14)22-7-8-23(13-22)21-18(5)11-15(2)12-19(21)6;1-3-12(13(15)16-2)14-10-18-17-9-11-7-5-4-6-8-11;1-4-6-7-8-9-10-11(3,12)5-2;1-8(2)11-10-7-5-4-6-9(10)3;1-9-6(8)5(7)3-4-10-2;;;;/h8-10,12-14,16,19,26H,4-7,11,15,17H2,1-3H3,(H,23,25);9-13H,7-8H2,1-6H3;3-8,10,12H,1,9H2,2H3;5,12H,2,4,6-10H2,1,3H3;3-8H,1-2H3;5H,3-4,7H2,1-2H3;3*1H;/q;-1;;;;;;;;+2/p-2/b16-14+;;;;;;;;;. The van der Waals surface area contributed by atoms with E-state index in [1.165, 1.54) is 123 Å². The predicted octanol–water partition coefficient (Wildman–Crippen LogP) is 18.5. The molecule has 5 unspecified atom stereocenters. The van der Waals surface area contributed by atoms with E-state index in [4.69, 9.17) is 49.1 Å². The van der Waals surface area contributed by atoms with E-state index in [0.29, 0.717) is 19.4 Å². The minimum Gasteiger partial charge on any atom is -0.502 e. The molecule has 1 heterocycles. The van der Waals surface area contributed by atoms with Crippen molar-refractivity contribution in [2.45, 2.75) is 215 Å². The summed E-state index contributed by atoms with van der Waals surface area (Å²) in [6.45, 7) is 36.9. The number of hydrogen-bond donors (Lipinski definition) is 4. The molecule has 6 rings (SSSR count). The normalized spacial score (nSPS) is 13.5. The first kappa shape index (κ1) is 99.4. The van der Waals surface area contributed by atoms with Crippen LogP contribution in [-0.2, 0) is 69.8 Å². The third kappa shape index (κ3) is 44.0. The number of benzene rings is 5. The molecule has 1 fully saturated rings. The Morgan fingerprint density at radius 1 is 0.689 bits per heavy atom. The second-order valence-corrected chi connectivity index (χ2v) is 32.7. The smallest absolute Gasteiger partial charge is 0.408 e. The number of halogens is 3. The van der Waals surface area contributed by atoms with Gasteiger partial charge in [0.2, 0.25) is 6.40 Å². The molecular formula is C83H123Cl3N5O13RuS-. The number of nitrogens with two attached hydrogens (primary N) is 1. The average molecular weight is 1640 g/mol. The quantitative estimate of drug-likeness (QED) is 0.00282. The van der Waals surface area contributed by atoms with Crippen molar-refractivity contribution in [3.63, 3.8) is 0 Å². The number of rotatable bonds is 35. The molecular weight excluding hydrogens is 1510 g/mol. The third-order valence-corrected chi connectivity index (χ3v) is 18.5. The number of thioether (sulfide) groups is 1. The number of carbonyl (C=O) groups excluding carboxylic acids is 4. The number of carbonyl (C=O) groups is 4. The number of anilines is 2. The van der Waals surface area contributed by atoms with Crippen LogP contribution in [0.25, 0.3) is 0 Å². The molecule has 1 amide bonds. The number of ether oxygens (including phenoxy) is 5. The Bertz CT molecular complexity index is 3290. The Morgan fingerprint density at radius 2 is 1.15 bits per heavy atom. The molecule has 1 aliphatic rings. The number of aliphatic imine (C=N–C) groups is 1. The first-order valence-electron chi connectivity index (χ1n) is 35.8. The van der Waals surface area contributed by atoms with Crippen molar-refractivity contribution in [3.8, 4) is 5.75 Å². The van der Waals surface area contributed by atoms with Crippen LogP contribution in [0.4, 0.5) is 16.2 Å². The topological polar surface area (TPSA) is 230 Å². The summed E-state index contributed by atoms with van der Waals surface area (Å²) in [4.78, 5) is 63.9. The Morgan fingerprint density at radius 3 is 1.59 bits per heavy atom. The zero-order valence-electron chi connectivity index (χ0n) is 65.6. The van der Waals surface area contributed by atoms with Gasteiger partial charge in [0.15, 0.2) is 6.04 Å². The Balaban J connectivity index is 0.00000129. The Labute approximate surface area is 658 Å². The average Bonchev–Trinajstić information content (AvgIpc) is 1.65. The van der Waals surface area contributed by atoms with Gasteiger partial charge in [0.05, 0.1) is 32.5 Å². The Hall–Kier alpha value is -6.58. The zero-order valence-corrected chi connectivity index (χ0v) is 70.5. The summed E-state index contributed by atoms with van der Waals surface area (Å²) in [6, 6.07) is 33.4. The summed E-state index contributed by atoms with van der Waals surface area (Å²) < 4.78 is 26.3. The van der Waals surface area contributed by atoms with Gasteiger partial charge in [0.25, 0.3) is 0 Å². The van der Waals surface area contributed by atoms with Gasteiger partial charge in [-0.2, -0.15) is 23.3 Å². The third-order valence-electron chi connectivity index (χ3n) is 16.0. The van der Waals surface area contributed by atoms with E-state index in [1.807, 2.05) is 117 Å². The van der Waals surface area contributed by atoms with Crippen molar-refractivity contribution < 1.29 is 76.4 Å². The summed E-state index contributed by atoms with van der Waals surface area (Å²) in [5, 5.41) is 22.5. The zero-order chi connectivity index (χ0) is 78.8. The van der Waals surface area contributed by atoms with E-state index in [0.717, 1.165) is 79.8 Å². The van der Waals surface area contributed by atoms with E-state index in [1.54, 1.807) is 24.8 Å². The van der Waals surface area contributed by atoms with E-state index in [-0.39, 0.29) is 31.1 Å². The summed E-state index contributed by atoms with van der Waals surface area (Å²) in [7, 11) is 15.5. The molecule has 5 aromatic carbocycles. The van der Waals surface area contributed by atoms with Crippen LogP contribution in [0, 0.1) is 48.2 Å². The number of aliphatic hydroxyl groups is 2. The van der Waals surface area contributed by atoms with Crippen molar-refractivity contribution in [1.29, 1.82) is 0 Å². The fraction of sp³-hybridized carbons (Fsp3) is 0.482. The number of para-hydroxylation sites is 1. The van der Waals surface area contributed by atoms with E-state index >= 15 is 0 Å². The number of methoxy groups -OCH3 is 3. The maximum atomic E-state index is 12.0. The maximum absolute atomic E-state index is 12.0. The van der Waals surface area contributed by atoms with Gasteiger partial charge in [-0.25, -0.2) is 19.4 Å². The summed E-state index contributed by atoms with van der Waals surface area (Å²) in [5.74, 6) is 0.284. The number of nitrogens with one attached hydrogen (secondary N) is 1. The van der Waals surface area contributed by atoms with Crippen LogP contribution in [-0.4, -0.2) is 127 Å². The molecule has 5 N–H and O–H groups in total. The molecule has 0 saturated carbocycles. The maximum Gasteiger partial charge on any atom is 0.408 e. The van der Waals surface area contributed by atoms with Gasteiger partial charge in [-0.1, -0.05) is 198 Å². The molecule has 0 radical (unpaired) electrons. The van der Waals surface area contributed by atoms with Crippen molar-refractivity contribution in [2.75, 3.05) is 56.2 Å². The second-order valence-electron chi connectivity index (χ2n) is 26.0. The van der Waals surface area contributed by atoms with Crippen LogP contribution in [0.1, 0.15) is 175 Å². The van der Waals surface area contributed by atoms with E-state index in [9.17, 15) is 29.4 Å². The van der Waals surface area contributed by atoms with E-state index < -0.39 is 60.9 Å². The van der Waals surface area contributed by atoms with Gasteiger partial charge >= 0.3 is 122 Å². The van der Waals surface area contributed by atoms with Crippen LogP contribution in [0.2, 0.25) is 0 Å². The van der Waals surface area contributed by atoms with Gasteiger partial charge in [-0.3, -0.25) is 4.79 Å². The Kier molecular flexibility index (Phi) is 54.0. The number of nitrogens with zero attached hydrogens (tertiary/aromatic N) is 3. The van der Waals surface area contributed by atoms with Crippen molar-refractivity contribution in [1.82, 2.24) is 5.32 Å². The molecule has 0 bridgehead atoms. The van der Waals surface area contributed by atoms with Crippen molar-refractivity contribution in [2.24, 2.45) is 10.7 Å². The van der Waals surface area contributed by atoms with Crippen LogP contribution in [0.15, 0.2) is 152 Å². The fourth-order valence-electron chi connectivity index (χ4n) is 10.6. The molecule has 106 heavy (non-hydrogen) atoms. The van der Waals surface area contributed by atoms with E-state index in [2.05, 4.69) is 129 Å². The summed E-state index contributed by atoms with van der Waals surface area (Å²) in [6.07, 6.45) is 22.2. The first-order valence-corrected chi connectivity index (χ1v) is 42.6. The number of amides is 1. The van der Waals surface area contributed by atoms with Gasteiger partial charge < -0.3 is 54.9 Å². The first-order chi connectivity index (χ1) is 49.9. The van der Waals surface area contributed by atoms with Crippen LogP contribution in [0.5, 0.6) is 5.75 Å². The molecule has 18 nitrogen and oxygen atoms in total. The predicted molar refractivity (Wildman–Crippen MR) is 439 cm³/mol. The number of hydrogen-bond acceptors (Lipinski definition) is 18. The van der Waals surface area contributed by atoms with Gasteiger partial charge in [0, 0.05) is 24.5 Å². The molecule has 1 aliphatic heterocycles.